The second-order valence-corrected chi connectivity index (χ2v) is 6.70. The van der Waals surface area contributed by atoms with Gasteiger partial charge in [-0.25, -0.2) is 5.43 Å². The van der Waals surface area contributed by atoms with Crippen LogP contribution in [-0.2, 0) is 4.79 Å². The first-order valence-electron chi connectivity index (χ1n) is 7.87. The Balaban J connectivity index is 1.89. The quantitative estimate of drug-likeness (QED) is 0.570. The van der Waals surface area contributed by atoms with E-state index in [1.807, 2.05) is 25.1 Å². The van der Waals surface area contributed by atoms with Crippen LogP contribution in [0, 0.1) is 6.92 Å². The lowest BCUT2D eigenvalue weighted by atomic mass is 9.98. The van der Waals surface area contributed by atoms with Gasteiger partial charge >= 0.3 is 0 Å². The first-order chi connectivity index (χ1) is 11.9. The second-order valence-electron chi connectivity index (χ2n) is 5.89. The van der Waals surface area contributed by atoms with Crippen LogP contribution in [0.5, 0.6) is 5.75 Å². The summed E-state index contributed by atoms with van der Waals surface area (Å²) in [6.07, 6.45) is 1.41. The molecule has 1 N–H and O–H groups in total. The highest BCUT2D eigenvalue weighted by molar-refractivity contribution is 6.38. The number of carbonyl (C=O) groups excluding carboxylic acids is 1. The van der Waals surface area contributed by atoms with E-state index in [1.54, 1.807) is 18.2 Å². The number of benzene rings is 2. The largest absolute Gasteiger partial charge is 0.484 e. The average Bonchev–Trinajstić information content (AvgIpc) is 2.55. The maximum atomic E-state index is 11.8. The summed E-state index contributed by atoms with van der Waals surface area (Å²) >= 11 is 12.0. The number of carbonyl (C=O) groups is 1. The van der Waals surface area contributed by atoms with Crippen LogP contribution < -0.4 is 10.2 Å². The van der Waals surface area contributed by atoms with E-state index in [9.17, 15) is 4.79 Å². The first kappa shape index (κ1) is 19.3. The van der Waals surface area contributed by atoms with Crippen LogP contribution in [0.1, 0.15) is 36.5 Å². The van der Waals surface area contributed by atoms with Crippen molar-refractivity contribution in [1.82, 2.24) is 5.43 Å². The Kier molecular flexibility index (Phi) is 6.85. The zero-order valence-electron chi connectivity index (χ0n) is 14.3. The van der Waals surface area contributed by atoms with Gasteiger partial charge in [0.1, 0.15) is 5.75 Å². The minimum Gasteiger partial charge on any atom is -0.484 e. The lowest BCUT2D eigenvalue weighted by Gasteiger charge is -2.12. The molecule has 0 radical (unpaired) electrons. The van der Waals surface area contributed by atoms with Crippen molar-refractivity contribution < 1.29 is 9.53 Å². The monoisotopic (exact) mass is 378 g/mol. The van der Waals surface area contributed by atoms with Crippen LogP contribution in [0.15, 0.2) is 41.5 Å². The maximum absolute atomic E-state index is 11.8. The van der Waals surface area contributed by atoms with Crippen molar-refractivity contribution in [2.45, 2.75) is 26.7 Å². The zero-order valence-corrected chi connectivity index (χ0v) is 15.9. The third kappa shape index (κ3) is 5.48. The van der Waals surface area contributed by atoms with Crippen LogP contribution in [0.4, 0.5) is 0 Å². The molecule has 6 heteroatoms. The van der Waals surface area contributed by atoms with Gasteiger partial charge in [0.25, 0.3) is 5.91 Å². The van der Waals surface area contributed by atoms with Gasteiger partial charge in [0.2, 0.25) is 0 Å². The van der Waals surface area contributed by atoms with Gasteiger partial charge in [0.15, 0.2) is 6.61 Å². The lowest BCUT2D eigenvalue weighted by molar-refractivity contribution is -0.123. The number of hydrazone groups is 1. The maximum Gasteiger partial charge on any atom is 0.277 e. The van der Waals surface area contributed by atoms with E-state index in [-0.39, 0.29) is 12.5 Å². The molecule has 0 bridgehead atoms. The molecule has 0 spiro atoms. The molecule has 132 valence electrons. The van der Waals surface area contributed by atoms with Crippen LogP contribution in [-0.4, -0.2) is 18.7 Å². The number of hydrogen-bond donors (Lipinski definition) is 1. The Morgan fingerprint density at radius 3 is 2.52 bits per heavy atom. The van der Waals surface area contributed by atoms with Gasteiger partial charge in [-0.3, -0.25) is 4.79 Å². The van der Waals surface area contributed by atoms with E-state index in [4.69, 9.17) is 27.9 Å². The van der Waals surface area contributed by atoms with Gasteiger partial charge in [-0.1, -0.05) is 49.2 Å². The van der Waals surface area contributed by atoms with E-state index >= 15 is 0 Å². The van der Waals surface area contributed by atoms with Gasteiger partial charge in [-0.15, -0.1) is 0 Å². The topological polar surface area (TPSA) is 50.7 Å². The molecule has 0 unspecified atom stereocenters. The normalized spacial score (nSPS) is 11.1. The molecule has 0 heterocycles. The molecule has 2 aromatic rings. The van der Waals surface area contributed by atoms with E-state index in [1.165, 1.54) is 11.8 Å². The molecule has 0 aliphatic heterocycles. The van der Waals surface area contributed by atoms with Gasteiger partial charge < -0.3 is 4.74 Å². The van der Waals surface area contributed by atoms with Crippen molar-refractivity contribution in [2.75, 3.05) is 6.61 Å². The molecule has 1 amide bonds. The predicted molar refractivity (Wildman–Crippen MR) is 103 cm³/mol. The molecule has 0 aliphatic rings. The van der Waals surface area contributed by atoms with E-state index in [0.29, 0.717) is 27.3 Å². The highest BCUT2D eigenvalue weighted by atomic mass is 35.5. The standard InChI is InChI=1S/C19H20Cl2N2O2/c1-12(2)15-8-7-14(9-13(15)3)25-11-19(24)23-22-10-16-17(20)5-4-6-18(16)21/h4-10,12H,11H2,1-3H3,(H,23,24)/b22-10+. The van der Waals surface area contributed by atoms with Crippen molar-refractivity contribution in [3.8, 4) is 5.75 Å². The Hall–Kier alpha value is -2.04. The minimum atomic E-state index is -0.370. The summed E-state index contributed by atoms with van der Waals surface area (Å²) in [4.78, 5) is 11.8. The Morgan fingerprint density at radius 1 is 1.24 bits per heavy atom. The number of rotatable bonds is 6. The third-order valence-electron chi connectivity index (χ3n) is 3.62. The average molecular weight is 379 g/mol. The highest BCUT2D eigenvalue weighted by Crippen LogP contribution is 2.23. The first-order valence-corrected chi connectivity index (χ1v) is 8.63. The zero-order chi connectivity index (χ0) is 18.4. The van der Waals surface area contributed by atoms with Crippen molar-refractivity contribution in [3.05, 3.63) is 63.1 Å². The number of amides is 1. The molecule has 0 aliphatic carbocycles. The van der Waals surface area contributed by atoms with Crippen molar-refractivity contribution in [1.29, 1.82) is 0 Å². The van der Waals surface area contributed by atoms with Crippen molar-refractivity contribution >= 4 is 35.3 Å². The summed E-state index contributed by atoms with van der Waals surface area (Å²) in [6, 6.07) is 10.9. The summed E-state index contributed by atoms with van der Waals surface area (Å²) in [5.74, 6) is 0.725. The molecule has 25 heavy (non-hydrogen) atoms. The lowest BCUT2D eigenvalue weighted by Crippen LogP contribution is -2.24. The fourth-order valence-electron chi connectivity index (χ4n) is 2.37. The second kappa shape index (κ2) is 8.88. The van der Waals surface area contributed by atoms with Crippen molar-refractivity contribution in [2.24, 2.45) is 5.10 Å². The number of nitrogens with zero attached hydrogens (tertiary/aromatic N) is 1. The van der Waals surface area contributed by atoms with Crippen LogP contribution in [0.25, 0.3) is 0 Å². The van der Waals surface area contributed by atoms with E-state index in [2.05, 4.69) is 24.4 Å². The van der Waals surface area contributed by atoms with Gasteiger partial charge in [-0.05, 0) is 48.2 Å². The summed E-state index contributed by atoms with van der Waals surface area (Å²) in [5.41, 5.74) is 5.34. The smallest absolute Gasteiger partial charge is 0.277 e. The molecule has 4 nitrogen and oxygen atoms in total. The number of nitrogens with one attached hydrogen (secondary N) is 1. The molecule has 0 saturated carbocycles. The molecule has 0 fully saturated rings. The predicted octanol–water partition coefficient (Wildman–Crippen LogP) is 4.95. The Morgan fingerprint density at radius 2 is 1.92 bits per heavy atom. The summed E-state index contributed by atoms with van der Waals surface area (Å²) in [5, 5.41) is 4.78. The number of ether oxygens (including phenoxy) is 1. The van der Waals surface area contributed by atoms with Gasteiger partial charge in [-0.2, -0.15) is 5.10 Å². The van der Waals surface area contributed by atoms with E-state index < -0.39 is 0 Å². The molecule has 0 atom stereocenters. The van der Waals surface area contributed by atoms with Crippen LogP contribution in [0.2, 0.25) is 10.0 Å². The number of halogens is 2. The molecule has 0 saturated heterocycles. The van der Waals surface area contributed by atoms with Gasteiger partial charge in [0.05, 0.1) is 16.3 Å². The summed E-state index contributed by atoms with van der Waals surface area (Å²) < 4.78 is 5.50. The number of hydrogen-bond acceptors (Lipinski definition) is 3. The molecular formula is C19H20Cl2N2O2. The molecule has 2 rings (SSSR count). The van der Waals surface area contributed by atoms with Crippen LogP contribution in [0.3, 0.4) is 0 Å². The number of aryl methyl sites for hydroxylation is 1. The van der Waals surface area contributed by atoms with E-state index in [0.717, 1.165) is 5.56 Å². The highest BCUT2D eigenvalue weighted by Gasteiger charge is 2.07. The SMILES string of the molecule is Cc1cc(OCC(=O)N/N=C/c2c(Cl)cccc2Cl)ccc1C(C)C. The van der Waals surface area contributed by atoms with Crippen molar-refractivity contribution in [3.63, 3.8) is 0 Å². The fraction of sp³-hybridized carbons (Fsp3) is 0.263. The molecule has 0 aromatic heterocycles. The molecular weight excluding hydrogens is 359 g/mol. The van der Waals surface area contributed by atoms with Crippen LogP contribution >= 0.6 is 23.2 Å². The minimum absolute atomic E-state index is 0.131. The Labute approximate surface area is 157 Å². The van der Waals surface area contributed by atoms with Gasteiger partial charge in [0, 0.05) is 5.56 Å². The summed E-state index contributed by atoms with van der Waals surface area (Å²) in [6.45, 7) is 6.17. The Bertz CT molecular complexity index is 769. The fourth-order valence-corrected chi connectivity index (χ4v) is 2.86. The summed E-state index contributed by atoms with van der Waals surface area (Å²) in [7, 11) is 0. The third-order valence-corrected chi connectivity index (χ3v) is 4.27. The molecule has 2 aromatic carbocycles.